The molecule has 38 heavy (non-hydrogen) atoms. The lowest BCUT2D eigenvalue weighted by Gasteiger charge is -2.49. The van der Waals surface area contributed by atoms with E-state index in [1.165, 1.54) is 0 Å². The summed E-state index contributed by atoms with van der Waals surface area (Å²) >= 11 is 0. The second-order valence-corrected chi connectivity index (χ2v) is 11.3. The van der Waals surface area contributed by atoms with Crippen LogP contribution >= 0.6 is 0 Å². The molecule has 0 spiro atoms. The van der Waals surface area contributed by atoms with Crippen molar-refractivity contribution < 1.29 is 30.0 Å². The van der Waals surface area contributed by atoms with Gasteiger partial charge < -0.3 is 26.2 Å². The number of nitrogens with zero attached hydrogens (tertiary/aromatic N) is 1. The van der Waals surface area contributed by atoms with E-state index < -0.39 is 29.1 Å². The van der Waals surface area contributed by atoms with Gasteiger partial charge in [-0.2, -0.15) is 0 Å². The summed E-state index contributed by atoms with van der Waals surface area (Å²) in [4.78, 5) is 28.6. The number of aliphatic hydroxyl groups is 3. The maximum atomic E-state index is 14.1. The number of nitrogens with two attached hydrogens (primary N) is 1. The number of phenolic OH excluding ortho intramolecular Hbond substituents is 1. The molecule has 3 aliphatic carbocycles. The van der Waals surface area contributed by atoms with Crippen LogP contribution in [0, 0.1) is 17.8 Å². The van der Waals surface area contributed by atoms with Crippen molar-refractivity contribution in [2.24, 2.45) is 23.5 Å². The fourth-order valence-corrected chi connectivity index (χ4v) is 7.49. The van der Waals surface area contributed by atoms with E-state index in [9.17, 15) is 30.0 Å². The Morgan fingerprint density at radius 2 is 1.92 bits per heavy atom. The van der Waals surface area contributed by atoms with E-state index >= 15 is 0 Å². The van der Waals surface area contributed by atoms with Crippen LogP contribution in [0.25, 0.3) is 5.76 Å². The van der Waals surface area contributed by atoms with Gasteiger partial charge >= 0.3 is 0 Å². The maximum absolute atomic E-state index is 14.1. The van der Waals surface area contributed by atoms with Crippen molar-refractivity contribution in [3.05, 3.63) is 57.4 Å². The predicted molar refractivity (Wildman–Crippen MR) is 143 cm³/mol. The molecule has 204 valence electrons. The van der Waals surface area contributed by atoms with Crippen molar-refractivity contribution >= 4 is 17.4 Å². The molecular weight excluding hydrogens is 484 g/mol. The molecule has 5 rings (SSSR count). The number of carbonyl (C=O) groups is 2. The fourth-order valence-electron chi connectivity index (χ4n) is 7.49. The van der Waals surface area contributed by atoms with E-state index in [2.05, 4.69) is 17.1 Å². The van der Waals surface area contributed by atoms with Crippen molar-refractivity contribution in [2.45, 2.75) is 70.9 Å². The van der Waals surface area contributed by atoms with Crippen molar-refractivity contribution in [1.29, 1.82) is 0 Å². The molecule has 0 radical (unpaired) electrons. The second-order valence-electron chi connectivity index (χ2n) is 11.3. The largest absolute Gasteiger partial charge is 0.512 e. The molecule has 1 aromatic carbocycles. The van der Waals surface area contributed by atoms with E-state index in [0.29, 0.717) is 43.4 Å². The molecule has 6 N–H and O–H groups in total. The Balaban J connectivity index is 1.62. The van der Waals surface area contributed by atoms with Gasteiger partial charge in [0.15, 0.2) is 5.78 Å². The number of hydrogen-bond donors (Lipinski definition) is 5. The Labute approximate surface area is 223 Å². The van der Waals surface area contributed by atoms with Crippen LogP contribution in [-0.4, -0.2) is 55.7 Å². The highest BCUT2D eigenvalue weighted by molar-refractivity contribution is 6.08. The van der Waals surface area contributed by atoms with Crippen LogP contribution in [0.2, 0.25) is 0 Å². The van der Waals surface area contributed by atoms with Gasteiger partial charge in [0.05, 0.1) is 17.1 Å². The van der Waals surface area contributed by atoms with Gasteiger partial charge in [0.1, 0.15) is 22.9 Å². The van der Waals surface area contributed by atoms with Crippen molar-refractivity contribution in [1.82, 2.24) is 4.90 Å². The molecular formula is C30H38N2O6. The maximum Gasteiger partial charge on any atom is 0.250 e. The first kappa shape index (κ1) is 26.5. The van der Waals surface area contributed by atoms with E-state index in [4.69, 9.17) is 5.73 Å². The number of phenols is 1. The Kier molecular flexibility index (Phi) is 6.90. The highest BCUT2D eigenvalue weighted by Gasteiger charge is 2.58. The highest BCUT2D eigenvalue weighted by atomic mass is 16.3. The van der Waals surface area contributed by atoms with Crippen LogP contribution in [0.15, 0.2) is 35.1 Å². The zero-order valence-corrected chi connectivity index (χ0v) is 22.2. The van der Waals surface area contributed by atoms with Gasteiger partial charge in [0.25, 0.3) is 5.91 Å². The lowest BCUT2D eigenvalue weighted by molar-refractivity contribution is -0.138. The third-order valence-corrected chi connectivity index (χ3v) is 9.02. The Morgan fingerprint density at radius 1 is 1.16 bits per heavy atom. The average Bonchev–Trinajstić information content (AvgIpc) is 2.85. The Hall–Kier alpha value is -3.10. The molecule has 4 unspecified atom stereocenters. The molecule has 0 saturated heterocycles. The van der Waals surface area contributed by atoms with Gasteiger partial charge in [-0.3, -0.25) is 14.5 Å². The first-order valence-electron chi connectivity index (χ1n) is 13.8. The first-order chi connectivity index (χ1) is 18.1. The molecule has 8 heteroatoms. The van der Waals surface area contributed by atoms with Crippen molar-refractivity contribution in [3.63, 3.8) is 0 Å². The Morgan fingerprint density at radius 3 is 2.55 bits per heavy atom. The minimum absolute atomic E-state index is 0.00652. The molecule has 0 bridgehead atoms. The van der Waals surface area contributed by atoms with Crippen LogP contribution < -0.4 is 5.73 Å². The highest BCUT2D eigenvalue weighted by Crippen LogP contribution is 2.55. The number of aliphatic hydroxyl groups excluding tert-OH is 2. The van der Waals surface area contributed by atoms with E-state index in [0.717, 1.165) is 30.6 Å². The van der Waals surface area contributed by atoms with Gasteiger partial charge in [-0.25, -0.2) is 0 Å². The minimum Gasteiger partial charge on any atom is -0.512 e. The lowest BCUT2D eigenvalue weighted by Crippen LogP contribution is -2.57. The van der Waals surface area contributed by atoms with Crippen LogP contribution in [0.4, 0.5) is 0 Å². The monoisotopic (exact) mass is 522 g/mol. The summed E-state index contributed by atoms with van der Waals surface area (Å²) < 4.78 is 0. The summed E-state index contributed by atoms with van der Waals surface area (Å²) in [6.45, 7) is 6.06. The minimum atomic E-state index is -1.91. The number of rotatable bonds is 6. The van der Waals surface area contributed by atoms with Crippen LogP contribution in [0.1, 0.15) is 68.2 Å². The number of amides is 1. The summed E-state index contributed by atoms with van der Waals surface area (Å²) in [6, 6.07) is 2.02. The van der Waals surface area contributed by atoms with Crippen LogP contribution in [-0.2, 0) is 29.0 Å². The summed E-state index contributed by atoms with van der Waals surface area (Å²) in [6.07, 6.45) is 7.46. The summed E-state index contributed by atoms with van der Waals surface area (Å²) in [5.41, 5.74) is 6.47. The average molecular weight is 523 g/mol. The first-order valence-corrected chi connectivity index (χ1v) is 13.8. The second kappa shape index (κ2) is 9.89. The predicted octanol–water partition coefficient (Wildman–Crippen LogP) is 3.60. The van der Waals surface area contributed by atoms with E-state index in [1.54, 1.807) is 0 Å². The standard InChI is InChI=1S/C30H38N2O6/c1-3-8-30(38)24-18(14-21(33)25(30)29(31)37)12-17-13-20-16(4-2)11-19(15-32-9-6-5-7-10-32)26(34)23(20)27(35)22(17)28(24)36/h5-6,11,17-18,24,33-35,38H,3-4,7-10,12-15H2,1-2H3,(H2,31,37). The summed E-state index contributed by atoms with van der Waals surface area (Å²) in [5.74, 6) is -3.57. The zero-order valence-electron chi connectivity index (χ0n) is 22.2. The molecule has 1 aromatic rings. The number of carbonyl (C=O) groups excluding carboxylic acids is 2. The number of ketones is 1. The molecule has 1 heterocycles. The van der Waals surface area contributed by atoms with Crippen molar-refractivity contribution in [2.75, 3.05) is 13.1 Å². The van der Waals surface area contributed by atoms with Crippen LogP contribution in [0.3, 0.4) is 0 Å². The molecule has 4 atom stereocenters. The number of benzene rings is 1. The van der Waals surface area contributed by atoms with E-state index in [-0.39, 0.29) is 47.2 Å². The number of fused-ring (bicyclic) bond motifs is 3. The number of aromatic hydroxyl groups is 1. The fraction of sp³-hybridized carbons (Fsp3) is 0.533. The molecule has 1 aliphatic heterocycles. The lowest BCUT2D eigenvalue weighted by atomic mass is 9.55. The number of primary amides is 1. The van der Waals surface area contributed by atoms with Gasteiger partial charge in [0.2, 0.25) is 0 Å². The summed E-state index contributed by atoms with van der Waals surface area (Å²) in [5, 5.41) is 45.5. The van der Waals surface area contributed by atoms with Crippen molar-refractivity contribution in [3.8, 4) is 5.75 Å². The number of hydrogen-bond acceptors (Lipinski definition) is 7. The number of Topliss-reactive ketones (excluding diaryl/α,β-unsaturated/α-hetero) is 1. The molecule has 0 aromatic heterocycles. The number of aryl methyl sites for hydroxylation is 1. The molecule has 1 saturated carbocycles. The summed E-state index contributed by atoms with van der Waals surface area (Å²) in [7, 11) is 0. The van der Waals surface area contributed by atoms with Crippen LogP contribution in [0.5, 0.6) is 5.75 Å². The topological polar surface area (TPSA) is 144 Å². The quantitative estimate of drug-likeness (QED) is 0.359. The molecule has 8 nitrogen and oxygen atoms in total. The third-order valence-electron chi connectivity index (χ3n) is 9.02. The van der Waals surface area contributed by atoms with Gasteiger partial charge in [-0.1, -0.05) is 38.5 Å². The smallest absolute Gasteiger partial charge is 0.250 e. The normalized spacial score (nSPS) is 29.2. The SMILES string of the molecule is CCCC1(O)C(C(N)=O)=C(O)CC2CC3Cc4c(CC)cc(CN5CC=CCC5)c(O)c4C(O)=C3C(=O)C21. The molecule has 1 amide bonds. The number of allylic oxidation sites excluding steroid dienone is 2. The Bertz CT molecular complexity index is 1280. The molecule has 4 aliphatic rings. The third kappa shape index (κ3) is 4.05. The molecule has 1 fully saturated rings. The zero-order chi connectivity index (χ0) is 27.4. The van der Waals surface area contributed by atoms with Gasteiger partial charge in [-0.05, 0) is 55.1 Å². The van der Waals surface area contributed by atoms with E-state index in [1.807, 2.05) is 19.9 Å². The van der Waals surface area contributed by atoms with Gasteiger partial charge in [-0.15, -0.1) is 0 Å². The van der Waals surface area contributed by atoms with Gasteiger partial charge in [0, 0.05) is 37.2 Å².